The van der Waals surface area contributed by atoms with Gasteiger partial charge in [-0.25, -0.2) is 0 Å². The number of carbonyl (C=O) groups is 1. The predicted octanol–water partition coefficient (Wildman–Crippen LogP) is 3.36. The second kappa shape index (κ2) is 6.29. The topological polar surface area (TPSA) is 32.3 Å². The summed E-state index contributed by atoms with van der Waals surface area (Å²) in [6.45, 7) is 10.1. The molecule has 20 heavy (non-hydrogen) atoms. The van der Waals surface area contributed by atoms with Crippen molar-refractivity contribution in [1.29, 1.82) is 0 Å². The van der Waals surface area contributed by atoms with Gasteiger partial charge in [-0.05, 0) is 62.8 Å². The Balaban J connectivity index is 1.99. The van der Waals surface area contributed by atoms with Crippen LogP contribution in [-0.4, -0.2) is 29.9 Å². The standard InChI is InChI=1S/C17H26N2O/c1-12-6-5-7-19(11-12)17(20)15(4)18-16-9-13(2)8-14(3)10-16/h8-10,12,15,18H,5-7,11H2,1-4H3. The molecule has 1 saturated heterocycles. The first-order valence-electron chi connectivity index (χ1n) is 7.59. The molecule has 0 bridgehead atoms. The van der Waals surface area contributed by atoms with Crippen LogP contribution >= 0.6 is 0 Å². The van der Waals surface area contributed by atoms with Crippen LogP contribution in [0.2, 0.25) is 0 Å². The Morgan fingerprint density at radius 2 is 1.95 bits per heavy atom. The van der Waals surface area contributed by atoms with Gasteiger partial charge in [0.15, 0.2) is 0 Å². The largest absolute Gasteiger partial charge is 0.374 e. The lowest BCUT2D eigenvalue weighted by molar-refractivity contribution is -0.133. The van der Waals surface area contributed by atoms with Crippen LogP contribution in [0.5, 0.6) is 0 Å². The third-order valence-electron chi connectivity index (χ3n) is 3.94. The zero-order valence-corrected chi connectivity index (χ0v) is 13.1. The molecule has 0 aliphatic carbocycles. The molecule has 0 saturated carbocycles. The molecule has 1 fully saturated rings. The molecule has 1 aromatic rings. The van der Waals surface area contributed by atoms with Crippen molar-refractivity contribution in [1.82, 2.24) is 4.90 Å². The number of hydrogen-bond acceptors (Lipinski definition) is 2. The monoisotopic (exact) mass is 274 g/mol. The summed E-state index contributed by atoms with van der Waals surface area (Å²) in [5, 5.41) is 3.34. The molecule has 2 unspecified atom stereocenters. The zero-order chi connectivity index (χ0) is 14.7. The Labute approximate surface area is 122 Å². The molecule has 1 amide bonds. The Hall–Kier alpha value is -1.51. The van der Waals surface area contributed by atoms with E-state index in [2.05, 4.69) is 44.3 Å². The Morgan fingerprint density at radius 3 is 2.55 bits per heavy atom. The summed E-state index contributed by atoms with van der Waals surface area (Å²) in [6, 6.07) is 6.16. The molecular weight excluding hydrogens is 248 g/mol. The molecule has 1 aromatic carbocycles. The number of piperidine rings is 1. The number of hydrogen-bond donors (Lipinski definition) is 1. The van der Waals surface area contributed by atoms with Crippen LogP contribution in [0, 0.1) is 19.8 Å². The van der Waals surface area contributed by atoms with Gasteiger partial charge < -0.3 is 10.2 Å². The molecule has 110 valence electrons. The third-order valence-corrected chi connectivity index (χ3v) is 3.94. The fourth-order valence-corrected chi connectivity index (χ4v) is 3.03. The van der Waals surface area contributed by atoms with E-state index in [1.165, 1.54) is 17.5 Å². The van der Waals surface area contributed by atoms with E-state index in [0.717, 1.165) is 25.2 Å². The van der Waals surface area contributed by atoms with Gasteiger partial charge in [-0.3, -0.25) is 4.79 Å². The van der Waals surface area contributed by atoms with Gasteiger partial charge in [0.05, 0.1) is 0 Å². The summed E-state index contributed by atoms with van der Waals surface area (Å²) in [5.41, 5.74) is 3.48. The molecule has 3 nitrogen and oxygen atoms in total. The lowest BCUT2D eigenvalue weighted by atomic mass is 10.00. The van der Waals surface area contributed by atoms with Gasteiger partial charge in [-0.2, -0.15) is 0 Å². The second-order valence-electron chi connectivity index (χ2n) is 6.27. The molecule has 0 aromatic heterocycles. The van der Waals surface area contributed by atoms with E-state index < -0.39 is 0 Å². The summed E-state index contributed by atoms with van der Waals surface area (Å²) in [7, 11) is 0. The minimum absolute atomic E-state index is 0.165. The summed E-state index contributed by atoms with van der Waals surface area (Å²) in [4.78, 5) is 14.5. The average molecular weight is 274 g/mol. The van der Waals surface area contributed by atoms with Crippen LogP contribution in [0.15, 0.2) is 18.2 Å². The Bertz CT molecular complexity index is 464. The predicted molar refractivity (Wildman–Crippen MR) is 84.0 cm³/mol. The van der Waals surface area contributed by atoms with E-state index in [4.69, 9.17) is 0 Å². The highest BCUT2D eigenvalue weighted by molar-refractivity contribution is 5.84. The lowest BCUT2D eigenvalue weighted by Crippen LogP contribution is -2.45. The Morgan fingerprint density at radius 1 is 1.30 bits per heavy atom. The molecule has 1 aliphatic heterocycles. The fourth-order valence-electron chi connectivity index (χ4n) is 3.03. The van der Waals surface area contributed by atoms with Gasteiger partial charge >= 0.3 is 0 Å². The van der Waals surface area contributed by atoms with Crippen molar-refractivity contribution in [2.75, 3.05) is 18.4 Å². The molecule has 3 heteroatoms. The number of nitrogens with one attached hydrogen (secondary N) is 1. The van der Waals surface area contributed by atoms with Crippen LogP contribution in [0.4, 0.5) is 5.69 Å². The minimum atomic E-state index is -0.165. The Kier molecular flexibility index (Phi) is 4.69. The van der Waals surface area contributed by atoms with Crippen molar-refractivity contribution in [3.05, 3.63) is 29.3 Å². The first-order chi connectivity index (χ1) is 9.45. The van der Waals surface area contributed by atoms with E-state index in [1.54, 1.807) is 0 Å². The second-order valence-corrected chi connectivity index (χ2v) is 6.27. The molecule has 0 radical (unpaired) electrons. The number of amides is 1. The van der Waals surface area contributed by atoms with Crippen LogP contribution in [0.3, 0.4) is 0 Å². The number of likely N-dealkylation sites (tertiary alicyclic amines) is 1. The van der Waals surface area contributed by atoms with Gasteiger partial charge in [0, 0.05) is 18.8 Å². The van der Waals surface area contributed by atoms with Crippen LogP contribution in [0.1, 0.15) is 37.8 Å². The highest BCUT2D eigenvalue weighted by Gasteiger charge is 2.24. The molecule has 1 N–H and O–H groups in total. The van der Waals surface area contributed by atoms with Gasteiger partial charge in [0.25, 0.3) is 0 Å². The van der Waals surface area contributed by atoms with Crippen molar-refractivity contribution < 1.29 is 4.79 Å². The van der Waals surface area contributed by atoms with Crippen molar-refractivity contribution in [2.24, 2.45) is 5.92 Å². The maximum absolute atomic E-state index is 12.5. The molecule has 1 aliphatic rings. The maximum atomic E-state index is 12.5. The first-order valence-corrected chi connectivity index (χ1v) is 7.59. The van der Waals surface area contributed by atoms with Crippen LogP contribution in [0.25, 0.3) is 0 Å². The van der Waals surface area contributed by atoms with Crippen LogP contribution < -0.4 is 5.32 Å². The van der Waals surface area contributed by atoms with E-state index in [1.807, 2.05) is 11.8 Å². The number of carbonyl (C=O) groups excluding carboxylic acids is 1. The highest BCUT2D eigenvalue weighted by Crippen LogP contribution is 2.18. The normalized spacial score (nSPS) is 20.6. The lowest BCUT2D eigenvalue weighted by Gasteiger charge is -2.33. The van der Waals surface area contributed by atoms with E-state index in [-0.39, 0.29) is 11.9 Å². The van der Waals surface area contributed by atoms with E-state index >= 15 is 0 Å². The maximum Gasteiger partial charge on any atom is 0.244 e. The summed E-state index contributed by atoms with van der Waals surface area (Å²) in [6.07, 6.45) is 2.37. The molecule has 2 rings (SSSR count). The summed E-state index contributed by atoms with van der Waals surface area (Å²) >= 11 is 0. The SMILES string of the molecule is Cc1cc(C)cc(NC(C)C(=O)N2CCCC(C)C2)c1. The third kappa shape index (κ3) is 3.75. The van der Waals surface area contributed by atoms with Crippen LogP contribution in [-0.2, 0) is 4.79 Å². The van der Waals surface area contributed by atoms with Gasteiger partial charge in [0.2, 0.25) is 5.91 Å². The zero-order valence-electron chi connectivity index (χ0n) is 13.1. The summed E-state index contributed by atoms with van der Waals surface area (Å²) < 4.78 is 0. The van der Waals surface area contributed by atoms with Crippen molar-refractivity contribution in [2.45, 2.75) is 46.6 Å². The first kappa shape index (κ1) is 14.9. The van der Waals surface area contributed by atoms with Gasteiger partial charge in [0.1, 0.15) is 6.04 Å². The quantitative estimate of drug-likeness (QED) is 0.916. The summed E-state index contributed by atoms with van der Waals surface area (Å²) in [5.74, 6) is 0.844. The fraction of sp³-hybridized carbons (Fsp3) is 0.588. The molecule has 0 spiro atoms. The number of rotatable bonds is 3. The average Bonchev–Trinajstić information content (AvgIpc) is 2.36. The number of nitrogens with zero attached hydrogens (tertiary/aromatic N) is 1. The molecule has 2 atom stereocenters. The molecular formula is C17H26N2O. The van der Waals surface area contributed by atoms with Gasteiger partial charge in [-0.15, -0.1) is 0 Å². The van der Waals surface area contributed by atoms with E-state index in [9.17, 15) is 4.79 Å². The molecule has 1 heterocycles. The highest BCUT2D eigenvalue weighted by atomic mass is 16.2. The number of aryl methyl sites for hydroxylation is 2. The number of benzene rings is 1. The van der Waals surface area contributed by atoms with Gasteiger partial charge in [-0.1, -0.05) is 13.0 Å². The minimum Gasteiger partial charge on any atom is -0.374 e. The van der Waals surface area contributed by atoms with Crippen molar-refractivity contribution in [3.8, 4) is 0 Å². The van der Waals surface area contributed by atoms with Crippen molar-refractivity contribution >= 4 is 11.6 Å². The van der Waals surface area contributed by atoms with Crippen molar-refractivity contribution in [3.63, 3.8) is 0 Å². The smallest absolute Gasteiger partial charge is 0.244 e. The number of anilines is 1. The van der Waals surface area contributed by atoms with E-state index in [0.29, 0.717) is 5.92 Å².